The molecule has 0 spiro atoms. The Labute approximate surface area is 412 Å². The predicted molar refractivity (Wildman–Crippen MR) is 294 cm³/mol. The SMILES string of the molecule is CC(C)c1cccc(C(C)C)c1N=C(/C=C(\[N-]c1c(C(C)C)cccc1C(C)C)C(C)(C)C)C(C)(C)C.CC(C)c1cccc(C(C)C)c1N=[C]([Al+2])C1[N-]c2c(C(C)C)cccc2C1(C)C. The molecular formula is C61H87AlN4. The molecule has 4 aromatic carbocycles. The molecule has 4 nitrogen and oxygen atoms in total. The molecule has 0 N–H and O–H groups in total. The molecule has 1 unspecified atom stereocenters. The van der Waals surface area contributed by atoms with Crippen LogP contribution in [-0.4, -0.2) is 32.6 Å². The minimum atomic E-state index is -0.136. The van der Waals surface area contributed by atoms with Crippen molar-refractivity contribution in [2.75, 3.05) is 0 Å². The van der Waals surface area contributed by atoms with E-state index in [1.807, 2.05) is 0 Å². The summed E-state index contributed by atoms with van der Waals surface area (Å²) in [6, 6.07) is 26.6. The average molecular weight is 903 g/mol. The Morgan fingerprint density at radius 3 is 1.24 bits per heavy atom. The van der Waals surface area contributed by atoms with Crippen LogP contribution in [-0.2, 0) is 5.41 Å². The van der Waals surface area contributed by atoms with Crippen LogP contribution in [0.1, 0.15) is 238 Å². The van der Waals surface area contributed by atoms with Gasteiger partial charge in [0, 0.05) is 11.1 Å². The summed E-state index contributed by atoms with van der Waals surface area (Å²) >= 11 is 2.92. The van der Waals surface area contributed by atoms with Crippen molar-refractivity contribution < 1.29 is 0 Å². The van der Waals surface area contributed by atoms with Crippen molar-refractivity contribution in [3.05, 3.63) is 140 Å². The van der Waals surface area contributed by atoms with E-state index < -0.39 is 0 Å². The number of benzene rings is 4. The third kappa shape index (κ3) is 12.8. The average Bonchev–Trinajstić information content (AvgIpc) is 3.49. The van der Waals surface area contributed by atoms with Crippen LogP contribution in [0.4, 0.5) is 22.7 Å². The molecule has 1 atom stereocenters. The monoisotopic (exact) mass is 903 g/mol. The topological polar surface area (TPSA) is 52.9 Å². The van der Waals surface area contributed by atoms with Crippen molar-refractivity contribution in [3.8, 4) is 0 Å². The number of fused-ring (bicyclic) bond motifs is 1. The van der Waals surface area contributed by atoms with Crippen LogP contribution in [0.5, 0.6) is 0 Å². The summed E-state index contributed by atoms with van der Waals surface area (Å²) in [7, 11) is 0. The first-order chi connectivity index (χ1) is 30.5. The molecule has 354 valence electrons. The van der Waals surface area contributed by atoms with Gasteiger partial charge in [0.05, 0.1) is 5.69 Å². The first-order valence-corrected chi connectivity index (χ1v) is 25.7. The Hall–Kier alpha value is -3.91. The number of hydrogen-bond acceptors (Lipinski definition) is 2. The van der Waals surface area contributed by atoms with Crippen LogP contribution < -0.4 is 0 Å². The third-order valence-corrected chi connectivity index (χ3v) is 13.6. The van der Waals surface area contributed by atoms with Crippen molar-refractivity contribution in [1.29, 1.82) is 0 Å². The van der Waals surface area contributed by atoms with E-state index in [0.29, 0.717) is 41.4 Å². The zero-order valence-corrected chi connectivity index (χ0v) is 46.6. The van der Waals surface area contributed by atoms with E-state index in [1.165, 1.54) is 50.2 Å². The van der Waals surface area contributed by atoms with Gasteiger partial charge in [0.1, 0.15) is 0 Å². The molecule has 1 aliphatic heterocycles. The number of nitrogens with zero attached hydrogens (tertiary/aromatic N) is 4. The standard InChI is InChI=1S/C35H53N2.C26H34N2.Al/c1-22(2)26-17-15-18-27(23(3)4)32(26)36-30(34(9,10)11)21-31(35(12,13)14)37-33-28(24(5)6)19-16-20-29(33)25(7)8;1-16(2)19-11-9-12-20(17(3)4)24(19)27-15-23-26(7,8)22-14-10-13-21(18(5)6)25(22)28-23;/h15-25H,1-14H3;9-14,16-18,23H,1-8H3;/q2*-1;+2/b30-21-,37-31?;;. The molecule has 4 aromatic rings. The van der Waals surface area contributed by atoms with E-state index in [9.17, 15) is 0 Å². The fourth-order valence-electron chi connectivity index (χ4n) is 8.88. The second kappa shape index (κ2) is 22.0. The van der Waals surface area contributed by atoms with E-state index in [2.05, 4.69) is 247 Å². The Morgan fingerprint density at radius 2 is 0.879 bits per heavy atom. The third-order valence-electron chi connectivity index (χ3n) is 13.1. The Balaban J connectivity index is 0.000000296. The van der Waals surface area contributed by atoms with Gasteiger partial charge in [-0.1, -0.05) is 151 Å². The van der Waals surface area contributed by atoms with Gasteiger partial charge in [-0.2, -0.15) is 5.70 Å². The number of allylic oxidation sites excluding steroid dienone is 2. The predicted octanol–water partition coefficient (Wildman–Crippen LogP) is 19.6. The van der Waals surface area contributed by atoms with E-state index in [-0.39, 0.29) is 22.3 Å². The van der Waals surface area contributed by atoms with Gasteiger partial charge in [-0.15, -0.1) is 5.69 Å². The van der Waals surface area contributed by atoms with Gasteiger partial charge in [0.15, 0.2) is 0 Å². The van der Waals surface area contributed by atoms with Crippen LogP contribution >= 0.6 is 0 Å². The van der Waals surface area contributed by atoms with Crippen molar-refractivity contribution in [3.63, 3.8) is 0 Å². The molecule has 0 saturated carbocycles. The van der Waals surface area contributed by atoms with Gasteiger partial charge in [-0.3, -0.25) is 4.99 Å². The molecule has 0 aliphatic carbocycles. The second-order valence-electron chi connectivity index (χ2n) is 23.6. The summed E-state index contributed by atoms with van der Waals surface area (Å²) < 4.78 is 1.02. The molecule has 0 fully saturated rings. The summed E-state index contributed by atoms with van der Waals surface area (Å²) in [5, 5.41) is 10.7. The van der Waals surface area contributed by atoms with Crippen LogP contribution in [0.2, 0.25) is 0 Å². The van der Waals surface area contributed by atoms with Crippen molar-refractivity contribution in [2.24, 2.45) is 20.8 Å². The first-order valence-electron chi connectivity index (χ1n) is 25.1. The fraction of sp³-hybridized carbons (Fsp3) is 0.541. The van der Waals surface area contributed by atoms with Gasteiger partial charge >= 0.3 is 186 Å². The molecule has 5 heteroatoms. The second-order valence-corrected chi connectivity index (χ2v) is 24.2. The van der Waals surface area contributed by atoms with Crippen molar-refractivity contribution >= 4 is 49.3 Å². The van der Waals surface area contributed by atoms with E-state index >= 15 is 0 Å². The maximum absolute atomic E-state index is 5.46. The Morgan fingerprint density at radius 1 is 0.530 bits per heavy atom. The van der Waals surface area contributed by atoms with Gasteiger partial charge in [-0.05, 0) is 40.2 Å². The zero-order chi connectivity index (χ0) is 49.8. The summed E-state index contributed by atoms with van der Waals surface area (Å²) in [4.78, 5) is 10.7. The maximum atomic E-state index is 5.46. The summed E-state index contributed by atoms with van der Waals surface area (Å²) in [6.45, 7) is 49.7. The van der Waals surface area contributed by atoms with Crippen molar-refractivity contribution in [1.82, 2.24) is 0 Å². The van der Waals surface area contributed by atoms with Crippen LogP contribution in [0.25, 0.3) is 10.6 Å². The summed E-state index contributed by atoms with van der Waals surface area (Å²) in [5.41, 5.74) is 16.9. The molecule has 0 bridgehead atoms. The fourth-order valence-corrected chi connectivity index (χ4v) is 9.50. The molecule has 0 radical (unpaired) electrons. The van der Waals surface area contributed by atoms with Gasteiger partial charge in [0.25, 0.3) is 0 Å². The molecule has 5 rings (SSSR count). The van der Waals surface area contributed by atoms with Gasteiger partial charge in [-0.25, -0.2) is 0 Å². The number of rotatable bonds is 13. The number of para-hydroxylation sites is 4. The molecule has 0 saturated heterocycles. The Kier molecular flexibility index (Phi) is 18.2. The quantitative estimate of drug-likeness (QED) is 0.0948. The molecule has 0 aromatic heterocycles. The summed E-state index contributed by atoms with van der Waals surface area (Å²) in [5.74, 6) is 2.94. The number of hydrogen-bond donors (Lipinski definition) is 0. The van der Waals surface area contributed by atoms with E-state index in [4.69, 9.17) is 20.6 Å². The van der Waals surface area contributed by atoms with E-state index in [1.54, 1.807) is 0 Å². The summed E-state index contributed by atoms with van der Waals surface area (Å²) in [6.07, 6.45) is 2.28. The van der Waals surface area contributed by atoms with Gasteiger partial charge < -0.3 is 5.32 Å². The van der Waals surface area contributed by atoms with Gasteiger partial charge in [0.2, 0.25) is 0 Å². The zero-order valence-electron chi connectivity index (χ0n) is 45.5. The molecular weight excluding hydrogens is 816 g/mol. The minimum absolute atomic E-state index is 0.0302. The van der Waals surface area contributed by atoms with Crippen LogP contribution in [0, 0.1) is 10.8 Å². The number of aliphatic imine (C=N–C) groups is 2. The molecule has 0 amide bonds. The molecule has 1 aliphatic rings. The van der Waals surface area contributed by atoms with Crippen molar-refractivity contribution in [2.45, 2.75) is 205 Å². The molecule has 66 heavy (non-hydrogen) atoms. The van der Waals surface area contributed by atoms with E-state index in [0.717, 1.165) is 33.0 Å². The van der Waals surface area contributed by atoms with Crippen LogP contribution in [0.3, 0.4) is 0 Å². The Bertz CT molecular complexity index is 2290. The molecule has 1 heterocycles. The first kappa shape index (κ1) is 54.7. The normalized spacial score (nSPS) is 15.9. The van der Waals surface area contributed by atoms with Crippen LogP contribution in [0.15, 0.2) is 94.6 Å².